The Hall–Kier alpha value is -1.06. The predicted molar refractivity (Wildman–Crippen MR) is 40.4 cm³/mol. The summed E-state index contributed by atoms with van der Waals surface area (Å²) in [6.45, 7) is 0.0836. The Morgan fingerprint density at radius 3 is 2.10 bits per heavy atom. The molecule has 0 atom stereocenters. The van der Waals surface area contributed by atoms with E-state index in [-0.39, 0.29) is 12.1 Å². The van der Waals surface area contributed by atoms with E-state index in [0.717, 1.165) is 11.3 Å². The van der Waals surface area contributed by atoms with Crippen LogP contribution in [0.1, 0.15) is 5.56 Å². The Morgan fingerprint density at radius 1 is 1.20 bits per heavy atom. The van der Waals surface area contributed by atoms with Crippen LogP contribution < -0.4 is 5.73 Å². The van der Waals surface area contributed by atoms with Gasteiger partial charge in [0, 0.05) is 5.69 Å². The lowest BCUT2D eigenvalue weighted by molar-refractivity contribution is 0.282. The van der Waals surface area contributed by atoms with Crippen molar-refractivity contribution in [2.75, 3.05) is 5.73 Å². The lowest BCUT2D eigenvalue weighted by atomic mass is 10.2. The summed E-state index contributed by atoms with van der Waals surface area (Å²) in [6.07, 6.45) is 0. The summed E-state index contributed by atoms with van der Waals surface area (Å²) in [5, 5.41) is 8.59. The van der Waals surface area contributed by atoms with E-state index in [0.29, 0.717) is 0 Å². The lowest BCUT2D eigenvalue weighted by Gasteiger charge is -1.94. The normalized spacial score (nSPS) is 8.50. The van der Waals surface area contributed by atoms with Gasteiger partial charge in [0.05, 0.1) is 6.61 Å². The van der Waals surface area contributed by atoms with E-state index in [4.69, 9.17) is 10.8 Å². The highest BCUT2D eigenvalue weighted by molar-refractivity contribution is 5.38. The quantitative estimate of drug-likeness (QED) is 0.537. The summed E-state index contributed by atoms with van der Waals surface area (Å²) in [5.41, 5.74) is 7.02. The molecule has 0 bridgehead atoms. The zero-order valence-corrected chi connectivity index (χ0v) is 5.54. The molecule has 0 spiro atoms. The van der Waals surface area contributed by atoms with E-state index in [1.807, 2.05) is 0 Å². The summed E-state index contributed by atoms with van der Waals surface area (Å²) >= 11 is 0. The van der Waals surface area contributed by atoms with Crippen LogP contribution in [0.4, 0.5) is 5.69 Å². The van der Waals surface area contributed by atoms with Crippen LogP contribution in [-0.4, -0.2) is 10.6 Å². The maximum atomic E-state index is 8.59. The lowest BCUT2D eigenvalue weighted by Crippen LogP contribution is -1.85. The Bertz CT molecular complexity index is 183. The zero-order valence-electron chi connectivity index (χ0n) is 5.54. The van der Waals surface area contributed by atoms with E-state index in [1.165, 1.54) is 0 Å². The highest BCUT2D eigenvalue weighted by Gasteiger charge is 1.86. The van der Waals surface area contributed by atoms with Gasteiger partial charge in [0.15, 0.2) is 0 Å². The van der Waals surface area contributed by atoms with Crippen molar-refractivity contribution in [2.45, 2.75) is 6.61 Å². The van der Waals surface area contributed by atoms with Crippen LogP contribution in [0.3, 0.4) is 0 Å². The maximum Gasteiger partial charge on any atom is 0.0681 e. The van der Waals surface area contributed by atoms with Crippen molar-refractivity contribution in [1.29, 1.82) is 0 Å². The Labute approximate surface area is 59.4 Å². The van der Waals surface area contributed by atoms with Crippen molar-refractivity contribution in [2.24, 2.45) is 0 Å². The van der Waals surface area contributed by atoms with Gasteiger partial charge in [-0.05, 0) is 17.7 Å². The summed E-state index contributed by atoms with van der Waals surface area (Å²) in [5.74, 6) is 0. The number of nitrogens with two attached hydrogens (primary N) is 1. The van der Waals surface area contributed by atoms with Crippen LogP contribution in [0, 0.1) is 0 Å². The molecular weight excluding hydrogens is 130 g/mol. The molecule has 1 rings (SSSR count). The third-order valence-corrected chi connectivity index (χ3v) is 1.16. The average molecular weight is 141 g/mol. The van der Waals surface area contributed by atoms with Gasteiger partial charge < -0.3 is 16.3 Å². The van der Waals surface area contributed by atoms with Crippen molar-refractivity contribution >= 4 is 5.69 Å². The van der Waals surface area contributed by atoms with Gasteiger partial charge in [-0.1, -0.05) is 12.1 Å². The van der Waals surface area contributed by atoms with E-state index >= 15 is 0 Å². The van der Waals surface area contributed by atoms with Crippen LogP contribution in [-0.2, 0) is 6.61 Å². The molecule has 0 saturated heterocycles. The second kappa shape index (κ2) is 3.87. The minimum Gasteiger partial charge on any atom is -0.412 e. The van der Waals surface area contributed by atoms with Gasteiger partial charge in [0.2, 0.25) is 0 Å². The molecule has 0 amide bonds. The smallest absolute Gasteiger partial charge is 0.0681 e. The zero-order chi connectivity index (χ0) is 6.69. The number of hydrogen-bond donors (Lipinski definition) is 2. The third kappa shape index (κ3) is 2.05. The highest BCUT2D eigenvalue weighted by Crippen LogP contribution is 2.03. The number of aliphatic hydroxyl groups is 1. The summed E-state index contributed by atoms with van der Waals surface area (Å²) in [6, 6.07) is 7.14. The number of benzene rings is 1. The SMILES string of the molecule is Nc1ccc(CO)cc1.O. The molecule has 0 heterocycles. The summed E-state index contributed by atoms with van der Waals surface area (Å²) in [4.78, 5) is 0. The van der Waals surface area contributed by atoms with Gasteiger partial charge >= 0.3 is 0 Å². The number of aliphatic hydroxyl groups excluding tert-OH is 1. The van der Waals surface area contributed by atoms with Gasteiger partial charge in [-0.2, -0.15) is 0 Å². The van der Waals surface area contributed by atoms with Crippen LogP contribution in [0.5, 0.6) is 0 Å². The fraction of sp³-hybridized carbons (Fsp3) is 0.143. The molecule has 5 N–H and O–H groups in total. The summed E-state index contributed by atoms with van der Waals surface area (Å²) < 4.78 is 0. The molecule has 3 heteroatoms. The van der Waals surface area contributed by atoms with Crippen LogP contribution >= 0.6 is 0 Å². The van der Waals surface area contributed by atoms with Crippen LogP contribution in [0.25, 0.3) is 0 Å². The molecule has 10 heavy (non-hydrogen) atoms. The maximum absolute atomic E-state index is 8.59. The third-order valence-electron chi connectivity index (χ3n) is 1.16. The number of nitrogen functional groups attached to an aromatic ring is 1. The fourth-order valence-corrected chi connectivity index (χ4v) is 0.623. The molecule has 0 fully saturated rings. The van der Waals surface area contributed by atoms with Gasteiger partial charge in [-0.15, -0.1) is 0 Å². The van der Waals surface area contributed by atoms with Crippen molar-refractivity contribution in [3.8, 4) is 0 Å². The first-order chi connectivity index (χ1) is 4.33. The molecular formula is C7H11NO2. The molecule has 3 nitrogen and oxygen atoms in total. The Kier molecular flexibility index (Phi) is 3.46. The van der Waals surface area contributed by atoms with E-state index in [9.17, 15) is 0 Å². The minimum absolute atomic E-state index is 0. The highest BCUT2D eigenvalue weighted by atomic mass is 16.3. The molecule has 0 saturated carbocycles. The first-order valence-corrected chi connectivity index (χ1v) is 2.78. The molecule has 1 aromatic carbocycles. The van der Waals surface area contributed by atoms with Crippen molar-refractivity contribution in [1.82, 2.24) is 0 Å². The molecule has 56 valence electrons. The van der Waals surface area contributed by atoms with Gasteiger partial charge in [0.25, 0.3) is 0 Å². The van der Waals surface area contributed by atoms with Gasteiger partial charge in [-0.3, -0.25) is 0 Å². The minimum atomic E-state index is 0. The van der Waals surface area contributed by atoms with Gasteiger partial charge in [0.1, 0.15) is 0 Å². The van der Waals surface area contributed by atoms with E-state index in [1.54, 1.807) is 24.3 Å². The Balaban J connectivity index is 0.000000810. The number of anilines is 1. The van der Waals surface area contributed by atoms with Crippen molar-refractivity contribution < 1.29 is 10.6 Å². The fourth-order valence-electron chi connectivity index (χ4n) is 0.623. The first-order valence-electron chi connectivity index (χ1n) is 2.78. The molecule has 0 unspecified atom stereocenters. The van der Waals surface area contributed by atoms with Crippen LogP contribution in [0.15, 0.2) is 24.3 Å². The molecule has 0 aromatic heterocycles. The topological polar surface area (TPSA) is 77.8 Å². The van der Waals surface area contributed by atoms with Crippen LogP contribution in [0.2, 0.25) is 0 Å². The largest absolute Gasteiger partial charge is 0.412 e. The molecule has 0 aliphatic rings. The molecule has 0 radical (unpaired) electrons. The monoisotopic (exact) mass is 141 g/mol. The van der Waals surface area contributed by atoms with E-state index < -0.39 is 0 Å². The first kappa shape index (κ1) is 8.94. The second-order valence-corrected chi connectivity index (χ2v) is 1.90. The van der Waals surface area contributed by atoms with Crippen molar-refractivity contribution in [3.05, 3.63) is 29.8 Å². The predicted octanol–water partition coefficient (Wildman–Crippen LogP) is -0.0636. The number of rotatable bonds is 1. The van der Waals surface area contributed by atoms with Crippen molar-refractivity contribution in [3.63, 3.8) is 0 Å². The second-order valence-electron chi connectivity index (χ2n) is 1.90. The molecule has 0 aliphatic heterocycles. The summed E-state index contributed by atoms with van der Waals surface area (Å²) in [7, 11) is 0. The van der Waals surface area contributed by atoms with E-state index in [2.05, 4.69) is 0 Å². The molecule has 1 aromatic rings. The Morgan fingerprint density at radius 2 is 1.70 bits per heavy atom. The average Bonchev–Trinajstić information content (AvgIpc) is 1.90. The molecule has 0 aliphatic carbocycles. The van der Waals surface area contributed by atoms with Gasteiger partial charge in [-0.25, -0.2) is 0 Å². The standard InChI is InChI=1S/C7H9NO.H2O/c8-7-3-1-6(5-9)2-4-7;/h1-4,9H,5,8H2;1H2. The number of hydrogen-bond acceptors (Lipinski definition) is 2.